The Bertz CT molecular complexity index is 141. The lowest BCUT2D eigenvalue weighted by Crippen LogP contribution is -2.27. The van der Waals surface area contributed by atoms with Gasteiger partial charge in [0.2, 0.25) is 5.28 Å². The number of hydrogen-bond acceptors (Lipinski definition) is 3. The topological polar surface area (TPSA) is 87.9 Å². The third-order valence-corrected chi connectivity index (χ3v) is 1.70. The van der Waals surface area contributed by atoms with Crippen molar-refractivity contribution in [1.29, 1.82) is 0 Å². The van der Waals surface area contributed by atoms with E-state index in [1.54, 1.807) is 7.05 Å². The Kier molecular flexibility index (Phi) is 13.2. The van der Waals surface area contributed by atoms with E-state index < -0.39 is 0 Å². The van der Waals surface area contributed by atoms with Gasteiger partial charge in [-0.25, -0.2) is 0 Å². The first-order valence-corrected chi connectivity index (χ1v) is 4.83. The number of unbranched alkanes of at least 4 members (excludes halogenated alkanes) is 3. The average molecular weight is 206 g/mol. The first kappa shape index (κ1) is 15.4. The molecule has 0 bridgehead atoms. The third kappa shape index (κ3) is 9.05. The van der Waals surface area contributed by atoms with Crippen LogP contribution in [0.3, 0.4) is 0 Å². The van der Waals surface area contributed by atoms with Crippen LogP contribution in [-0.2, 0) is 0 Å². The molecule has 6 nitrogen and oxygen atoms in total. The van der Waals surface area contributed by atoms with Crippen LogP contribution in [0.15, 0.2) is 5.28 Å². The number of hydrogen-bond donors (Lipinski definition) is 2. The molecule has 0 spiro atoms. The highest BCUT2D eigenvalue weighted by molar-refractivity contribution is 4.41. The zero-order valence-corrected chi connectivity index (χ0v) is 9.31. The molecule has 14 heavy (non-hydrogen) atoms. The van der Waals surface area contributed by atoms with Crippen LogP contribution in [0.25, 0.3) is 0 Å². The van der Waals surface area contributed by atoms with Crippen LogP contribution < -0.4 is 5.73 Å². The molecule has 0 heterocycles. The summed E-state index contributed by atoms with van der Waals surface area (Å²) in [5.41, 5.74) is 4.50. The lowest BCUT2D eigenvalue weighted by molar-refractivity contribution is -0.704. The number of nitrogens with two attached hydrogens (primary N) is 1. The molecule has 86 valence electrons. The second-order valence-corrected chi connectivity index (χ2v) is 2.78. The summed E-state index contributed by atoms with van der Waals surface area (Å²) < 4.78 is 0. The van der Waals surface area contributed by atoms with Crippen LogP contribution in [-0.4, -0.2) is 35.8 Å². The summed E-state index contributed by atoms with van der Waals surface area (Å²) in [7, 11) is 3.10. The average Bonchev–Trinajstić information content (AvgIpc) is 2.25. The molecular formula is C8H22N4O2. The van der Waals surface area contributed by atoms with Crippen LogP contribution in [0.5, 0.6) is 0 Å². The van der Waals surface area contributed by atoms with Crippen molar-refractivity contribution in [2.75, 3.05) is 20.6 Å². The number of nitrogens with zero attached hydrogens (tertiary/aromatic N) is 3. The summed E-state index contributed by atoms with van der Waals surface area (Å²) in [5.74, 6) is 0. The van der Waals surface area contributed by atoms with Gasteiger partial charge in [0.25, 0.3) is 0 Å². The minimum absolute atomic E-state index is 0.186. The monoisotopic (exact) mass is 206 g/mol. The molecule has 0 aromatic rings. The highest BCUT2D eigenvalue weighted by atomic mass is 16.6. The van der Waals surface area contributed by atoms with E-state index in [4.69, 9.17) is 5.21 Å². The molecule has 0 aromatic heterocycles. The lowest BCUT2D eigenvalue weighted by atomic mass is 10.2. The Labute approximate surface area is 85.5 Å². The molecule has 0 saturated carbocycles. The Hall–Kier alpha value is -1.04. The first-order chi connectivity index (χ1) is 6.72. The fraction of sp³-hybridized carbons (Fsp3) is 1.00. The van der Waals surface area contributed by atoms with Gasteiger partial charge < -0.3 is 16.1 Å². The molecule has 0 aliphatic heterocycles. The SMILES string of the molecule is CCCCCCN(C)[N+]([O-])=NO.CN. The van der Waals surface area contributed by atoms with E-state index in [0.29, 0.717) is 6.54 Å². The molecule has 6 heteroatoms. The fourth-order valence-corrected chi connectivity index (χ4v) is 0.921. The molecule has 0 rings (SSSR count). The number of hydrazine groups is 1. The molecule has 3 N–H and O–H groups in total. The van der Waals surface area contributed by atoms with Gasteiger partial charge in [0, 0.05) is 0 Å². The Morgan fingerprint density at radius 3 is 2.36 bits per heavy atom. The molecule has 0 aliphatic rings. The summed E-state index contributed by atoms with van der Waals surface area (Å²) >= 11 is 0. The van der Waals surface area contributed by atoms with Gasteiger partial charge in [-0.05, 0) is 13.5 Å². The highest BCUT2D eigenvalue weighted by Gasteiger charge is 2.03. The predicted octanol–water partition coefficient (Wildman–Crippen LogP) is 1.34. The second kappa shape index (κ2) is 12.0. The van der Waals surface area contributed by atoms with Crippen LogP contribution in [0.2, 0.25) is 0 Å². The Morgan fingerprint density at radius 2 is 1.93 bits per heavy atom. The minimum atomic E-state index is 0.186. The van der Waals surface area contributed by atoms with Crippen molar-refractivity contribution in [3.8, 4) is 0 Å². The van der Waals surface area contributed by atoms with Crippen LogP contribution >= 0.6 is 0 Å². The van der Waals surface area contributed by atoms with Crippen molar-refractivity contribution in [1.82, 2.24) is 5.01 Å². The van der Waals surface area contributed by atoms with E-state index >= 15 is 0 Å². The van der Waals surface area contributed by atoms with E-state index in [9.17, 15) is 5.21 Å². The summed E-state index contributed by atoms with van der Waals surface area (Å²) in [6, 6.07) is 0. The second-order valence-electron chi connectivity index (χ2n) is 2.78. The van der Waals surface area contributed by atoms with Crippen molar-refractivity contribution in [2.45, 2.75) is 32.6 Å². The van der Waals surface area contributed by atoms with Gasteiger partial charge in [-0.1, -0.05) is 26.2 Å². The third-order valence-electron chi connectivity index (χ3n) is 1.70. The zero-order valence-electron chi connectivity index (χ0n) is 9.31. The summed E-state index contributed by atoms with van der Waals surface area (Å²) in [4.78, 5) is 0.186. The molecule has 0 aliphatic carbocycles. The molecule has 0 atom stereocenters. The van der Waals surface area contributed by atoms with Gasteiger partial charge in [-0.3, -0.25) is 0 Å². The summed E-state index contributed by atoms with van der Waals surface area (Å²) in [6.07, 6.45) is 4.43. The first-order valence-electron chi connectivity index (χ1n) is 4.83. The van der Waals surface area contributed by atoms with Gasteiger partial charge in [0.1, 0.15) is 0 Å². The van der Waals surface area contributed by atoms with Crippen LogP contribution in [0, 0.1) is 5.21 Å². The van der Waals surface area contributed by atoms with Crippen molar-refractivity contribution >= 4 is 0 Å². The predicted molar refractivity (Wildman–Crippen MR) is 54.7 cm³/mol. The molecule has 0 amide bonds. The maximum Gasteiger partial charge on any atom is 0.230 e. The van der Waals surface area contributed by atoms with Crippen LogP contribution in [0.1, 0.15) is 32.6 Å². The van der Waals surface area contributed by atoms with E-state index in [-0.39, 0.29) is 4.97 Å². The van der Waals surface area contributed by atoms with E-state index in [1.807, 2.05) is 0 Å². The summed E-state index contributed by atoms with van der Waals surface area (Å²) in [5, 5.41) is 22.5. The zero-order chi connectivity index (χ0) is 11.4. The van der Waals surface area contributed by atoms with Crippen molar-refractivity contribution in [3.05, 3.63) is 5.21 Å². The standard InChI is InChI=1S/C7H17N3O2.CH5N/c1-3-4-5-6-7-9(2)10(12)8-11;1-2/h11H,3-7H2,1-2H3;2H2,1H3. The molecule has 0 aromatic carbocycles. The van der Waals surface area contributed by atoms with Gasteiger partial charge in [-0.15, -0.1) is 5.01 Å². The van der Waals surface area contributed by atoms with Crippen molar-refractivity contribution in [3.63, 3.8) is 0 Å². The van der Waals surface area contributed by atoms with Gasteiger partial charge in [-0.2, -0.15) is 0 Å². The molecule has 0 radical (unpaired) electrons. The van der Waals surface area contributed by atoms with Gasteiger partial charge in [0.15, 0.2) is 0 Å². The lowest BCUT2D eigenvalue weighted by Gasteiger charge is -2.11. The van der Waals surface area contributed by atoms with E-state index in [2.05, 4.69) is 17.9 Å². The van der Waals surface area contributed by atoms with Gasteiger partial charge in [0.05, 0.1) is 18.6 Å². The Balaban J connectivity index is 0. The molecule has 0 saturated heterocycles. The maximum atomic E-state index is 10.6. The number of rotatable bonds is 6. The minimum Gasteiger partial charge on any atom is -0.569 e. The quantitative estimate of drug-likeness (QED) is 0.297. The van der Waals surface area contributed by atoms with Crippen LogP contribution in [0.4, 0.5) is 0 Å². The molecule has 0 fully saturated rings. The Morgan fingerprint density at radius 1 is 1.36 bits per heavy atom. The molecule has 0 unspecified atom stereocenters. The molecular weight excluding hydrogens is 184 g/mol. The van der Waals surface area contributed by atoms with Gasteiger partial charge >= 0.3 is 0 Å². The largest absolute Gasteiger partial charge is 0.569 e. The van der Waals surface area contributed by atoms with E-state index in [0.717, 1.165) is 12.8 Å². The summed E-state index contributed by atoms with van der Waals surface area (Å²) in [6.45, 7) is 2.76. The van der Waals surface area contributed by atoms with E-state index in [1.165, 1.54) is 24.9 Å². The highest BCUT2D eigenvalue weighted by Crippen LogP contribution is 1.99. The fourth-order valence-electron chi connectivity index (χ4n) is 0.921. The van der Waals surface area contributed by atoms with Crippen molar-refractivity contribution in [2.24, 2.45) is 11.0 Å². The van der Waals surface area contributed by atoms with Crippen molar-refractivity contribution < 1.29 is 10.2 Å². The smallest absolute Gasteiger partial charge is 0.230 e. The normalized spacial score (nSPS) is 10.4. The maximum absolute atomic E-state index is 10.6.